The van der Waals surface area contributed by atoms with Gasteiger partial charge in [0.1, 0.15) is 12.7 Å². The fraction of sp³-hybridized carbons (Fsp3) is 0.760. The van der Waals surface area contributed by atoms with Gasteiger partial charge in [0.2, 0.25) is 0 Å². The predicted molar refractivity (Wildman–Crippen MR) is 253 cm³/mol. The highest BCUT2D eigenvalue weighted by atomic mass is 31.2. The molecule has 1 unspecified atom stereocenters. The van der Waals surface area contributed by atoms with Crippen LogP contribution in [0.5, 0.6) is 0 Å². The van der Waals surface area contributed by atoms with Crippen LogP contribution in [0, 0.1) is 5.92 Å². The van der Waals surface area contributed by atoms with E-state index in [0.717, 1.165) is 44.4 Å². The van der Waals surface area contributed by atoms with Gasteiger partial charge in [0.15, 0.2) is 6.10 Å². The van der Waals surface area contributed by atoms with Crippen molar-refractivity contribution in [2.24, 2.45) is 5.92 Å². The predicted octanol–water partition coefficient (Wildman–Crippen LogP) is 12.3. The summed E-state index contributed by atoms with van der Waals surface area (Å²) >= 11 is 0. The van der Waals surface area contributed by atoms with Crippen LogP contribution >= 0.6 is 7.82 Å². The van der Waals surface area contributed by atoms with Crippen molar-refractivity contribution in [1.29, 1.82) is 0 Å². The van der Waals surface area contributed by atoms with E-state index in [1.807, 2.05) is 37.3 Å². The van der Waals surface area contributed by atoms with E-state index in [2.05, 4.69) is 42.7 Å². The summed E-state index contributed by atoms with van der Waals surface area (Å²) in [5, 5.41) is 27.9. The Morgan fingerprint density at radius 1 is 0.581 bits per heavy atom. The Kier molecular flexibility index (Phi) is 42.2. The second-order valence-electron chi connectivity index (χ2n) is 16.8. The van der Waals surface area contributed by atoms with Crippen LogP contribution in [0.1, 0.15) is 194 Å². The number of phosphoric ester groups is 1. The molecule has 0 aromatic heterocycles. The Morgan fingerprint density at radius 2 is 1.05 bits per heavy atom. The van der Waals surface area contributed by atoms with Crippen LogP contribution in [0.15, 0.2) is 60.8 Å². The van der Waals surface area contributed by atoms with E-state index in [-0.39, 0.29) is 19.4 Å². The lowest BCUT2D eigenvalue weighted by Crippen LogP contribution is -2.29. The first-order chi connectivity index (χ1) is 30.0. The Bertz CT molecular complexity index is 1250. The van der Waals surface area contributed by atoms with Crippen molar-refractivity contribution in [3.63, 3.8) is 0 Å². The topological polar surface area (TPSA) is 169 Å². The van der Waals surface area contributed by atoms with E-state index in [1.54, 1.807) is 6.08 Å². The highest BCUT2D eigenvalue weighted by Crippen LogP contribution is 2.43. The number of carbonyl (C=O) groups excluding carboxylic acids is 2. The second kappa shape index (κ2) is 43.9. The molecule has 0 aromatic rings. The average Bonchev–Trinajstić information content (AvgIpc) is 3.25. The van der Waals surface area contributed by atoms with Crippen LogP contribution in [0.2, 0.25) is 0 Å². The molecule has 0 rings (SSSR count). The van der Waals surface area contributed by atoms with Crippen molar-refractivity contribution in [3.05, 3.63) is 60.8 Å². The van der Waals surface area contributed by atoms with Crippen molar-refractivity contribution >= 4 is 19.8 Å². The largest absolute Gasteiger partial charge is 0.472 e. The molecule has 0 bridgehead atoms. The van der Waals surface area contributed by atoms with E-state index in [9.17, 15) is 29.3 Å². The first-order valence-electron chi connectivity index (χ1n) is 24.2. The van der Waals surface area contributed by atoms with Gasteiger partial charge in [0, 0.05) is 12.8 Å². The number of ether oxygens (including phenoxy) is 2. The van der Waals surface area contributed by atoms with Gasteiger partial charge in [-0.25, -0.2) is 4.57 Å². The molecule has 62 heavy (non-hydrogen) atoms. The molecule has 0 aliphatic carbocycles. The SMILES string of the molecule is CC[C@@H](O)/C=C/C=C\C/C=C\C/C=C\C/C=C\CCCC(=O)O[C@H](COC(=O)CCCCCCCCCCCCCCCCCCCCC(C)C)COP(=O)(O)OC[C@@H](O)CO. The second-order valence-corrected chi connectivity index (χ2v) is 18.2. The maximum absolute atomic E-state index is 12.6. The molecule has 0 radical (unpaired) electrons. The number of carbonyl (C=O) groups is 2. The zero-order valence-electron chi connectivity index (χ0n) is 39.1. The molecule has 0 amide bonds. The number of hydrogen-bond donors (Lipinski definition) is 4. The van der Waals surface area contributed by atoms with E-state index in [0.29, 0.717) is 25.7 Å². The van der Waals surface area contributed by atoms with E-state index in [1.165, 1.54) is 96.3 Å². The number of phosphoric acid groups is 1. The van der Waals surface area contributed by atoms with Gasteiger partial charge < -0.3 is 29.7 Å². The summed E-state index contributed by atoms with van der Waals surface area (Å²) < 4.78 is 32.7. The molecule has 0 saturated heterocycles. The Hall–Kier alpha value is -2.37. The summed E-state index contributed by atoms with van der Waals surface area (Å²) in [6.45, 7) is 4.34. The molecule has 4 N–H and O–H groups in total. The average molecular weight is 897 g/mol. The molecule has 0 spiro atoms. The van der Waals surface area contributed by atoms with E-state index in [4.69, 9.17) is 19.1 Å². The summed E-state index contributed by atoms with van der Waals surface area (Å²) in [6, 6.07) is 0. The van der Waals surface area contributed by atoms with Crippen molar-refractivity contribution in [1.82, 2.24) is 0 Å². The Labute approximate surface area is 377 Å². The van der Waals surface area contributed by atoms with Crippen LogP contribution in [0.4, 0.5) is 0 Å². The third-order valence-corrected chi connectivity index (χ3v) is 11.2. The number of aliphatic hydroxyl groups is 3. The maximum atomic E-state index is 12.6. The summed E-state index contributed by atoms with van der Waals surface area (Å²) in [5.41, 5.74) is 0. The summed E-state index contributed by atoms with van der Waals surface area (Å²) in [6.07, 6.45) is 45.8. The van der Waals surface area contributed by atoms with E-state index >= 15 is 0 Å². The summed E-state index contributed by atoms with van der Waals surface area (Å²) in [4.78, 5) is 35.1. The Balaban J connectivity index is 4.29. The van der Waals surface area contributed by atoms with Gasteiger partial charge >= 0.3 is 19.8 Å². The number of hydrogen-bond acceptors (Lipinski definition) is 10. The lowest BCUT2D eigenvalue weighted by molar-refractivity contribution is -0.161. The van der Waals surface area contributed by atoms with Gasteiger partial charge in [-0.2, -0.15) is 0 Å². The van der Waals surface area contributed by atoms with Crippen molar-refractivity contribution in [2.45, 2.75) is 212 Å². The van der Waals surface area contributed by atoms with Crippen LogP contribution in [0.25, 0.3) is 0 Å². The zero-order chi connectivity index (χ0) is 45.8. The molecule has 11 nitrogen and oxygen atoms in total. The fourth-order valence-electron chi connectivity index (χ4n) is 6.40. The highest BCUT2D eigenvalue weighted by Gasteiger charge is 2.27. The molecular formula is C50H89O11P. The smallest absolute Gasteiger partial charge is 0.462 e. The van der Waals surface area contributed by atoms with Crippen LogP contribution in [0.3, 0.4) is 0 Å². The third kappa shape index (κ3) is 44.2. The number of unbranched alkanes of at least 4 members (excludes halogenated alkanes) is 18. The van der Waals surface area contributed by atoms with Gasteiger partial charge in [-0.1, -0.05) is 197 Å². The molecule has 360 valence electrons. The van der Waals surface area contributed by atoms with Crippen LogP contribution in [-0.4, -0.2) is 76.9 Å². The highest BCUT2D eigenvalue weighted by molar-refractivity contribution is 7.47. The minimum atomic E-state index is -4.65. The lowest BCUT2D eigenvalue weighted by atomic mass is 10.0. The molecule has 0 fully saturated rings. The first-order valence-corrected chi connectivity index (χ1v) is 25.7. The molecule has 0 heterocycles. The van der Waals surface area contributed by atoms with Crippen molar-refractivity contribution < 1.29 is 52.9 Å². The zero-order valence-corrected chi connectivity index (χ0v) is 40.0. The third-order valence-electron chi connectivity index (χ3n) is 10.3. The normalized spacial score (nSPS) is 14.8. The molecule has 0 saturated carbocycles. The molecule has 12 heteroatoms. The minimum Gasteiger partial charge on any atom is -0.462 e. The first kappa shape index (κ1) is 59.6. The number of aliphatic hydroxyl groups excluding tert-OH is 3. The minimum absolute atomic E-state index is 0.0911. The van der Waals surface area contributed by atoms with Gasteiger partial charge in [0.25, 0.3) is 0 Å². The van der Waals surface area contributed by atoms with Crippen LogP contribution in [-0.2, 0) is 32.7 Å². The lowest BCUT2D eigenvalue weighted by Gasteiger charge is -2.20. The van der Waals surface area contributed by atoms with Gasteiger partial charge in [0.05, 0.1) is 25.9 Å². The standard InChI is InChI=1S/C50H89O11P/c1-4-46(52)38-34-30-26-22-18-14-11-12-16-20-24-28-32-36-40-50(55)61-48(44-60-62(56,57)59-42-47(53)41-51)43-58-49(54)39-35-31-27-23-19-15-10-8-6-5-7-9-13-17-21-25-29-33-37-45(2)3/h12,14,16,18,24,26,28,30,34,38,45-48,51-53H,4-11,13,15,17,19-23,25,27,29,31-33,35-37,39-44H2,1-3H3,(H,56,57)/b16-12-,18-14-,28-24-,30-26-,38-34+/t46-,47+,48-/m1/s1. The fourth-order valence-corrected chi connectivity index (χ4v) is 7.19. The summed E-state index contributed by atoms with van der Waals surface area (Å²) in [7, 11) is -4.65. The van der Waals surface area contributed by atoms with E-state index < -0.39 is 57.9 Å². The van der Waals surface area contributed by atoms with Crippen LogP contribution < -0.4 is 0 Å². The quantitative estimate of drug-likeness (QED) is 0.0151. The number of rotatable bonds is 44. The Morgan fingerprint density at radius 3 is 1.56 bits per heavy atom. The van der Waals surface area contributed by atoms with Crippen molar-refractivity contribution in [3.8, 4) is 0 Å². The van der Waals surface area contributed by atoms with Gasteiger partial charge in [-0.3, -0.25) is 18.6 Å². The monoisotopic (exact) mass is 897 g/mol. The summed E-state index contributed by atoms with van der Waals surface area (Å²) in [5.74, 6) is -0.170. The maximum Gasteiger partial charge on any atom is 0.472 e. The molecular weight excluding hydrogens is 808 g/mol. The molecule has 0 aliphatic rings. The number of esters is 2. The van der Waals surface area contributed by atoms with Crippen molar-refractivity contribution in [2.75, 3.05) is 26.4 Å². The molecule has 0 aromatic carbocycles. The molecule has 0 aliphatic heterocycles. The van der Waals surface area contributed by atoms with Gasteiger partial charge in [-0.15, -0.1) is 0 Å². The van der Waals surface area contributed by atoms with Gasteiger partial charge in [-0.05, 0) is 50.9 Å². The number of allylic oxidation sites excluding steroid dienone is 9. The molecule has 4 atom stereocenters.